The average molecular weight is 509 g/mol. The zero-order valence-corrected chi connectivity index (χ0v) is 23.0. The Morgan fingerprint density at radius 1 is 1.16 bits per heavy atom. The molecule has 202 valence electrons. The van der Waals surface area contributed by atoms with Crippen molar-refractivity contribution < 1.29 is 19.2 Å². The summed E-state index contributed by atoms with van der Waals surface area (Å²) >= 11 is 0. The zero-order valence-electron chi connectivity index (χ0n) is 23.0. The van der Waals surface area contributed by atoms with Crippen LogP contribution in [0.4, 0.5) is 5.69 Å². The van der Waals surface area contributed by atoms with Crippen molar-refractivity contribution in [1.29, 1.82) is 0 Å². The van der Waals surface area contributed by atoms with E-state index in [4.69, 9.17) is 14.4 Å². The number of carbonyl (C=O) groups is 1. The molecule has 37 heavy (non-hydrogen) atoms. The molecule has 2 N–H and O–H groups in total. The Morgan fingerprint density at radius 3 is 2.59 bits per heavy atom. The van der Waals surface area contributed by atoms with Gasteiger partial charge in [0, 0.05) is 29.0 Å². The van der Waals surface area contributed by atoms with Crippen LogP contribution in [-0.2, 0) is 16.0 Å². The Hall–Kier alpha value is -2.18. The highest BCUT2D eigenvalue weighted by atomic mass is 16.6. The van der Waals surface area contributed by atoms with Gasteiger partial charge in [-0.3, -0.25) is 4.79 Å². The van der Waals surface area contributed by atoms with Gasteiger partial charge in [-0.05, 0) is 99.2 Å². The van der Waals surface area contributed by atoms with Gasteiger partial charge in [0.2, 0.25) is 5.91 Å². The molecule has 1 aromatic heterocycles. The van der Waals surface area contributed by atoms with E-state index >= 15 is 0 Å². The van der Waals surface area contributed by atoms with Gasteiger partial charge in [-0.2, -0.15) is 0 Å². The van der Waals surface area contributed by atoms with E-state index in [-0.39, 0.29) is 30.5 Å². The van der Waals surface area contributed by atoms with E-state index < -0.39 is 0 Å². The molecule has 1 heterocycles. The first kappa shape index (κ1) is 26.4. The average Bonchev–Trinajstić information content (AvgIpc) is 3.45. The minimum atomic E-state index is -0.290. The number of aromatic nitrogens is 1. The van der Waals surface area contributed by atoms with Crippen molar-refractivity contribution >= 4 is 11.6 Å². The number of rotatable bonds is 11. The van der Waals surface area contributed by atoms with Crippen LogP contribution in [0, 0.1) is 30.6 Å². The summed E-state index contributed by atoms with van der Waals surface area (Å²) in [5.41, 5.74) is 5.58. The standard InChI is InChI=1S/C31H44N2O4/c1-5-20-6-9-27(19(4)11-20)32-31(35)26-15-22(16-36-17-34)14-25(26)29-28(23-7-8-23)30(37-33-29)24-12-21(13-24)10-18(2)3/h6,9,11,18,21-26,34H,5,7-8,10,12-17H2,1-4H3,(H,32,35)/t21?,22-,24?,25-,26-/m1/s1. The summed E-state index contributed by atoms with van der Waals surface area (Å²) in [7, 11) is 0. The maximum Gasteiger partial charge on any atom is 0.228 e. The molecule has 6 nitrogen and oxygen atoms in total. The van der Waals surface area contributed by atoms with Crippen LogP contribution < -0.4 is 5.32 Å². The van der Waals surface area contributed by atoms with E-state index in [2.05, 4.69) is 45.1 Å². The first-order chi connectivity index (χ1) is 17.9. The number of anilines is 1. The van der Waals surface area contributed by atoms with Crippen molar-refractivity contribution in [1.82, 2.24) is 5.16 Å². The molecule has 3 fully saturated rings. The van der Waals surface area contributed by atoms with Gasteiger partial charge in [0.1, 0.15) is 12.6 Å². The van der Waals surface area contributed by atoms with Crippen LogP contribution in [0.1, 0.15) is 112 Å². The SMILES string of the molecule is CCc1ccc(NC(=O)[C@@H]2C[C@H](COCO)C[C@H]2c2noc(C3CC(CC(C)C)C3)c2C2CC2)c(C)c1. The van der Waals surface area contributed by atoms with Crippen LogP contribution in [0.3, 0.4) is 0 Å². The predicted octanol–water partition coefficient (Wildman–Crippen LogP) is 6.68. The van der Waals surface area contributed by atoms with E-state index in [0.29, 0.717) is 18.4 Å². The minimum absolute atomic E-state index is 0.0159. The van der Waals surface area contributed by atoms with Crippen LogP contribution in [0.15, 0.2) is 22.7 Å². The van der Waals surface area contributed by atoms with Crippen molar-refractivity contribution in [3.05, 3.63) is 46.3 Å². The number of aryl methyl sites for hydroxylation is 2. The molecule has 0 aliphatic heterocycles. The lowest BCUT2D eigenvalue weighted by Gasteiger charge is -2.35. The smallest absolute Gasteiger partial charge is 0.228 e. The summed E-state index contributed by atoms with van der Waals surface area (Å²) in [6.45, 7) is 8.97. The first-order valence-corrected chi connectivity index (χ1v) is 14.5. The predicted molar refractivity (Wildman–Crippen MR) is 145 cm³/mol. The van der Waals surface area contributed by atoms with Crippen LogP contribution in [-0.4, -0.2) is 29.6 Å². The number of aliphatic hydroxyl groups is 1. The quantitative estimate of drug-likeness (QED) is 0.331. The summed E-state index contributed by atoms with van der Waals surface area (Å²) in [4.78, 5) is 13.7. The summed E-state index contributed by atoms with van der Waals surface area (Å²) < 4.78 is 11.5. The van der Waals surface area contributed by atoms with Crippen LogP contribution in [0.2, 0.25) is 0 Å². The fourth-order valence-electron chi connectivity index (χ4n) is 6.88. The van der Waals surface area contributed by atoms with Crippen molar-refractivity contribution in [3.8, 4) is 0 Å². The van der Waals surface area contributed by atoms with Gasteiger partial charge in [0.15, 0.2) is 0 Å². The second-order valence-electron chi connectivity index (χ2n) is 12.3. The van der Waals surface area contributed by atoms with Gasteiger partial charge in [-0.25, -0.2) is 0 Å². The topological polar surface area (TPSA) is 84.6 Å². The fraction of sp³-hybridized carbons (Fsp3) is 0.677. The van der Waals surface area contributed by atoms with Crippen molar-refractivity contribution in [2.75, 3.05) is 18.7 Å². The molecule has 3 aliphatic rings. The largest absolute Gasteiger partial charge is 0.371 e. The molecule has 2 aromatic rings. The number of hydrogen-bond acceptors (Lipinski definition) is 5. The van der Waals surface area contributed by atoms with Gasteiger partial charge in [0.05, 0.1) is 12.3 Å². The monoisotopic (exact) mass is 508 g/mol. The number of ether oxygens (including phenoxy) is 1. The minimum Gasteiger partial charge on any atom is -0.371 e. The Labute approximate surface area is 221 Å². The molecule has 5 rings (SSSR count). The lowest BCUT2D eigenvalue weighted by Crippen LogP contribution is -2.26. The number of nitrogens with one attached hydrogen (secondary N) is 1. The lowest BCUT2D eigenvalue weighted by atomic mass is 9.69. The third-order valence-corrected chi connectivity index (χ3v) is 8.93. The fourth-order valence-corrected chi connectivity index (χ4v) is 6.88. The van der Waals surface area contributed by atoms with Crippen LogP contribution in [0.5, 0.6) is 0 Å². The molecule has 6 heteroatoms. The zero-order chi connectivity index (χ0) is 26.1. The van der Waals surface area contributed by atoms with E-state index in [0.717, 1.165) is 53.8 Å². The number of nitrogens with zero attached hydrogens (tertiary/aromatic N) is 1. The van der Waals surface area contributed by atoms with Crippen molar-refractivity contribution in [2.45, 2.75) is 96.8 Å². The second kappa shape index (κ2) is 11.3. The number of benzene rings is 1. The highest BCUT2D eigenvalue weighted by Crippen LogP contribution is 2.55. The molecule has 0 radical (unpaired) electrons. The summed E-state index contributed by atoms with van der Waals surface area (Å²) in [6.07, 6.45) is 8.59. The Kier molecular flexibility index (Phi) is 8.06. The summed E-state index contributed by atoms with van der Waals surface area (Å²) in [5.74, 6) is 3.72. The Balaban J connectivity index is 1.38. The normalized spacial score (nSPS) is 27.5. The Bertz CT molecular complexity index is 1080. The Morgan fingerprint density at radius 2 is 1.95 bits per heavy atom. The van der Waals surface area contributed by atoms with Gasteiger partial charge >= 0.3 is 0 Å². The highest BCUT2D eigenvalue weighted by Gasteiger charge is 2.47. The molecule has 3 atom stereocenters. The molecule has 0 spiro atoms. The van der Waals surface area contributed by atoms with Crippen LogP contribution >= 0.6 is 0 Å². The molecule has 0 unspecified atom stereocenters. The highest BCUT2D eigenvalue weighted by molar-refractivity contribution is 5.94. The van der Waals surface area contributed by atoms with E-state index in [1.54, 1.807) is 0 Å². The maximum absolute atomic E-state index is 13.7. The molecule has 1 amide bonds. The van der Waals surface area contributed by atoms with Crippen molar-refractivity contribution in [3.63, 3.8) is 0 Å². The van der Waals surface area contributed by atoms with Gasteiger partial charge < -0.3 is 19.7 Å². The number of carbonyl (C=O) groups excluding carboxylic acids is 1. The molecular formula is C31H44N2O4. The molecule has 3 saturated carbocycles. The number of aliphatic hydroxyl groups excluding tert-OH is 1. The van der Waals surface area contributed by atoms with E-state index in [1.807, 2.05) is 6.07 Å². The van der Waals surface area contributed by atoms with Gasteiger partial charge in [-0.15, -0.1) is 0 Å². The van der Waals surface area contributed by atoms with E-state index in [9.17, 15) is 9.90 Å². The molecule has 0 bridgehead atoms. The third kappa shape index (κ3) is 5.80. The van der Waals surface area contributed by atoms with Gasteiger partial charge in [-0.1, -0.05) is 38.1 Å². The summed E-state index contributed by atoms with van der Waals surface area (Å²) in [6, 6.07) is 6.27. The van der Waals surface area contributed by atoms with Crippen LogP contribution in [0.25, 0.3) is 0 Å². The maximum atomic E-state index is 13.7. The second-order valence-corrected chi connectivity index (χ2v) is 12.3. The number of hydrogen-bond donors (Lipinski definition) is 2. The third-order valence-electron chi connectivity index (χ3n) is 8.93. The van der Waals surface area contributed by atoms with E-state index in [1.165, 1.54) is 43.2 Å². The van der Waals surface area contributed by atoms with Gasteiger partial charge in [0.25, 0.3) is 0 Å². The first-order valence-electron chi connectivity index (χ1n) is 14.5. The van der Waals surface area contributed by atoms with Crippen molar-refractivity contribution in [2.24, 2.45) is 23.7 Å². The lowest BCUT2D eigenvalue weighted by molar-refractivity contribution is -0.120. The molecule has 1 aromatic carbocycles. The molecule has 0 saturated heterocycles. The summed E-state index contributed by atoms with van der Waals surface area (Å²) in [5, 5.41) is 17.2. The molecular weight excluding hydrogens is 464 g/mol. The number of amides is 1. The molecule has 3 aliphatic carbocycles.